The summed E-state index contributed by atoms with van der Waals surface area (Å²) in [5, 5.41) is 20.0. The standard InChI is InChI=1S/C25H27N9/c1-27-12-19(11-26)17-6-4-5-16(9-17)10-22-23-21(32-34(22)3)8-7-18-13-28-25(31-24(18)23)30-20-14-29-33(2)15-20/h4-6,9,11-15,19,26H,7-8,10H2,1-3H3,(H,28,30,31). The van der Waals surface area contributed by atoms with Crippen LogP contribution in [0, 0.1) is 5.41 Å². The number of aliphatic imine (C=N–C) groups is 1. The zero-order valence-electron chi connectivity index (χ0n) is 19.5. The summed E-state index contributed by atoms with van der Waals surface area (Å²) in [6.07, 6.45) is 11.2. The predicted molar refractivity (Wildman–Crippen MR) is 133 cm³/mol. The molecule has 9 heteroatoms. The number of aryl methyl sites for hydroxylation is 4. The van der Waals surface area contributed by atoms with Crippen molar-refractivity contribution < 1.29 is 0 Å². The molecular weight excluding hydrogens is 426 g/mol. The van der Waals surface area contributed by atoms with Gasteiger partial charge >= 0.3 is 0 Å². The van der Waals surface area contributed by atoms with Gasteiger partial charge in [-0.3, -0.25) is 14.4 Å². The van der Waals surface area contributed by atoms with Gasteiger partial charge in [0.05, 0.1) is 34.9 Å². The second-order valence-electron chi connectivity index (χ2n) is 8.51. The summed E-state index contributed by atoms with van der Waals surface area (Å²) < 4.78 is 3.71. The molecule has 1 aliphatic rings. The molecule has 1 unspecified atom stereocenters. The van der Waals surface area contributed by atoms with Crippen molar-refractivity contribution in [3.8, 4) is 11.3 Å². The van der Waals surface area contributed by atoms with Gasteiger partial charge in [-0.2, -0.15) is 10.2 Å². The van der Waals surface area contributed by atoms with Gasteiger partial charge in [-0.25, -0.2) is 9.97 Å². The van der Waals surface area contributed by atoms with Crippen LogP contribution in [0.25, 0.3) is 11.3 Å². The van der Waals surface area contributed by atoms with Crippen LogP contribution in [-0.4, -0.2) is 49.0 Å². The van der Waals surface area contributed by atoms with E-state index in [2.05, 4.69) is 32.5 Å². The van der Waals surface area contributed by atoms with Crippen molar-refractivity contribution in [3.63, 3.8) is 0 Å². The molecule has 0 spiro atoms. The first-order chi connectivity index (χ1) is 16.6. The van der Waals surface area contributed by atoms with E-state index in [-0.39, 0.29) is 5.92 Å². The Morgan fingerprint density at radius 3 is 2.88 bits per heavy atom. The number of benzene rings is 1. The third-order valence-corrected chi connectivity index (χ3v) is 6.13. The number of hydrogen-bond acceptors (Lipinski definition) is 7. The van der Waals surface area contributed by atoms with Crippen LogP contribution >= 0.6 is 0 Å². The monoisotopic (exact) mass is 453 g/mol. The molecule has 0 aliphatic heterocycles. The minimum atomic E-state index is -0.125. The zero-order chi connectivity index (χ0) is 23.7. The van der Waals surface area contributed by atoms with Crippen LogP contribution < -0.4 is 5.32 Å². The quantitative estimate of drug-likeness (QED) is 0.416. The van der Waals surface area contributed by atoms with E-state index in [1.165, 1.54) is 6.21 Å². The second kappa shape index (κ2) is 9.01. The highest BCUT2D eigenvalue weighted by atomic mass is 15.3. The van der Waals surface area contributed by atoms with E-state index in [4.69, 9.17) is 15.5 Å². The summed E-state index contributed by atoms with van der Waals surface area (Å²) in [4.78, 5) is 13.5. The molecular formula is C25H27N9. The van der Waals surface area contributed by atoms with Crippen LogP contribution in [0.15, 0.2) is 47.8 Å². The number of aromatic nitrogens is 6. The summed E-state index contributed by atoms with van der Waals surface area (Å²) >= 11 is 0. The first-order valence-corrected chi connectivity index (χ1v) is 11.2. The molecule has 0 bridgehead atoms. The highest BCUT2D eigenvalue weighted by Crippen LogP contribution is 2.36. The predicted octanol–water partition coefficient (Wildman–Crippen LogP) is 3.48. The lowest BCUT2D eigenvalue weighted by Crippen LogP contribution is -2.09. The van der Waals surface area contributed by atoms with E-state index in [1.807, 2.05) is 43.3 Å². The number of nitrogens with one attached hydrogen (secondary N) is 2. The van der Waals surface area contributed by atoms with Crippen molar-refractivity contribution >= 4 is 24.1 Å². The van der Waals surface area contributed by atoms with E-state index < -0.39 is 0 Å². The maximum absolute atomic E-state index is 7.75. The summed E-state index contributed by atoms with van der Waals surface area (Å²) in [6, 6.07) is 8.35. The molecule has 0 fully saturated rings. The summed E-state index contributed by atoms with van der Waals surface area (Å²) in [6.45, 7) is 0. The number of fused-ring (bicyclic) bond motifs is 3. The Morgan fingerprint density at radius 2 is 2.12 bits per heavy atom. The molecule has 2 N–H and O–H groups in total. The normalized spacial score (nSPS) is 13.5. The minimum Gasteiger partial charge on any atom is -0.321 e. The Balaban J connectivity index is 1.51. The van der Waals surface area contributed by atoms with Crippen LogP contribution in [0.4, 0.5) is 11.6 Å². The first kappa shape index (κ1) is 21.7. The van der Waals surface area contributed by atoms with Gasteiger partial charge in [0.1, 0.15) is 0 Å². The average molecular weight is 454 g/mol. The molecule has 172 valence electrons. The Morgan fingerprint density at radius 1 is 1.24 bits per heavy atom. The van der Waals surface area contributed by atoms with Crippen LogP contribution in [0.2, 0.25) is 0 Å². The molecule has 0 saturated heterocycles. The van der Waals surface area contributed by atoms with Gasteiger partial charge in [-0.05, 0) is 29.5 Å². The van der Waals surface area contributed by atoms with Gasteiger partial charge in [0.15, 0.2) is 0 Å². The molecule has 34 heavy (non-hydrogen) atoms. The van der Waals surface area contributed by atoms with Gasteiger partial charge in [-0.1, -0.05) is 24.3 Å². The number of anilines is 2. The van der Waals surface area contributed by atoms with Gasteiger partial charge in [-0.15, -0.1) is 0 Å². The van der Waals surface area contributed by atoms with E-state index in [9.17, 15) is 0 Å². The van der Waals surface area contributed by atoms with E-state index >= 15 is 0 Å². The van der Waals surface area contributed by atoms with Gasteiger partial charge < -0.3 is 10.7 Å². The molecule has 0 radical (unpaired) electrons. The number of rotatable bonds is 7. The third-order valence-electron chi connectivity index (χ3n) is 6.13. The minimum absolute atomic E-state index is 0.125. The smallest absolute Gasteiger partial charge is 0.227 e. The van der Waals surface area contributed by atoms with Crippen molar-refractivity contribution in [2.45, 2.75) is 25.2 Å². The molecule has 3 aromatic heterocycles. The Bertz CT molecular complexity index is 1380. The average Bonchev–Trinajstić information content (AvgIpc) is 3.39. The number of hydrogen-bond donors (Lipinski definition) is 2. The lowest BCUT2D eigenvalue weighted by Gasteiger charge is -2.17. The van der Waals surface area contributed by atoms with Crippen LogP contribution in [0.1, 0.15) is 34.0 Å². The fourth-order valence-electron chi connectivity index (χ4n) is 4.49. The molecule has 3 heterocycles. The van der Waals surface area contributed by atoms with E-state index in [1.54, 1.807) is 24.1 Å². The van der Waals surface area contributed by atoms with Gasteiger partial charge in [0.25, 0.3) is 0 Å². The molecule has 1 aliphatic carbocycles. The van der Waals surface area contributed by atoms with Gasteiger partial charge in [0.2, 0.25) is 5.95 Å². The van der Waals surface area contributed by atoms with Crippen LogP contribution in [-0.2, 0) is 33.4 Å². The summed E-state index contributed by atoms with van der Waals surface area (Å²) in [5.74, 6) is 0.420. The van der Waals surface area contributed by atoms with Crippen LogP contribution in [0.5, 0.6) is 0 Å². The van der Waals surface area contributed by atoms with Crippen molar-refractivity contribution in [1.82, 2.24) is 29.5 Å². The molecule has 0 saturated carbocycles. The molecule has 4 aromatic rings. The summed E-state index contributed by atoms with van der Waals surface area (Å²) in [7, 11) is 5.61. The SMILES string of the molecule is CN=CC(C=N)c1cccc(Cc2c3c(nn2C)CCc2cnc(Nc4cnn(C)c4)nc2-3)c1. The summed E-state index contributed by atoms with van der Waals surface area (Å²) in [5.41, 5.74) is 8.43. The lowest BCUT2D eigenvalue weighted by molar-refractivity contribution is 0.705. The fourth-order valence-corrected chi connectivity index (χ4v) is 4.49. The second-order valence-corrected chi connectivity index (χ2v) is 8.51. The Labute approximate surface area is 198 Å². The zero-order valence-corrected chi connectivity index (χ0v) is 19.5. The highest BCUT2D eigenvalue weighted by Gasteiger charge is 2.26. The first-order valence-electron chi connectivity index (χ1n) is 11.2. The maximum Gasteiger partial charge on any atom is 0.227 e. The molecule has 9 nitrogen and oxygen atoms in total. The van der Waals surface area contributed by atoms with Crippen molar-refractivity contribution in [2.75, 3.05) is 12.4 Å². The molecule has 5 rings (SSSR count). The number of nitrogens with zero attached hydrogens (tertiary/aromatic N) is 7. The van der Waals surface area contributed by atoms with Crippen molar-refractivity contribution in [1.29, 1.82) is 5.41 Å². The van der Waals surface area contributed by atoms with Crippen molar-refractivity contribution in [3.05, 3.63) is 70.9 Å². The Hall–Kier alpha value is -4.14. The van der Waals surface area contributed by atoms with Gasteiger partial charge in [0, 0.05) is 58.0 Å². The highest BCUT2D eigenvalue weighted by molar-refractivity contribution is 5.89. The van der Waals surface area contributed by atoms with Crippen LogP contribution in [0.3, 0.4) is 0 Å². The van der Waals surface area contributed by atoms with E-state index in [0.717, 1.165) is 64.3 Å². The van der Waals surface area contributed by atoms with E-state index in [0.29, 0.717) is 5.95 Å². The topological polar surface area (TPSA) is 110 Å². The fraction of sp³-hybridized carbons (Fsp3) is 0.280. The molecule has 1 aromatic carbocycles. The maximum atomic E-state index is 7.75. The molecule has 1 atom stereocenters. The lowest BCUT2D eigenvalue weighted by atomic mass is 9.91. The largest absolute Gasteiger partial charge is 0.321 e. The third kappa shape index (κ3) is 4.12. The van der Waals surface area contributed by atoms with Crippen molar-refractivity contribution in [2.24, 2.45) is 19.1 Å². The molecule has 0 amide bonds. The Kier molecular flexibility index (Phi) is 5.75.